The number of nitrogens with zero attached hydrogens (tertiary/aromatic N) is 4. The van der Waals surface area contributed by atoms with Crippen LogP contribution in [0, 0.1) is 11.3 Å². The van der Waals surface area contributed by atoms with Crippen molar-refractivity contribution in [3.05, 3.63) is 58.3 Å². The summed E-state index contributed by atoms with van der Waals surface area (Å²) in [4.78, 5) is 38.4. The quantitative estimate of drug-likeness (QED) is 0.612. The minimum atomic E-state index is -0.236. The molecule has 1 aliphatic heterocycles. The molecule has 0 radical (unpaired) electrons. The van der Waals surface area contributed by atoms with E-state index in [-0.39, 0.29) is 23.9 Å². The number of ether oxygens (including phenoxy) is 1. The van der Waals surface area contributed by atoms with Crippen molar-refractivity contribution in [3.8, 4) is 11.8 Å². The number of rotatable bonds is 6. The molecule has 1 fully saturated rings. The van der Waals surface area contributed by atoms with E-state index in [1.54, 1.807) is 36.5 Å². The molecule has 0 spiro atoms. The number of nitrogens with one attached hydrogen (secondary N) is 2. The summed E-state index contributed by atoms with van der Waals surface area (Å²) >= 11 is 0. The fourth-order valence-electron chi connectivity index (χ4n) is 3.88. The van der Waals surface area contributed by atoms with Crippen LogP contribution in [0.5, 0.6) is 5.75 Å². The molecule has 2 N–H and O–H groups in total. The van der Waals surface area contributed by atoms with Gasteiger partial charge in [0.15, 0.2) is 0 Å². The van der Waals surface area contributed by atoms with Crippen molar-refractivity contribution in [1.82, 2.24) is 19.9 Å². The van der Waals surface area contributed by atoms with Crippen molar-refractivity contribution in [3.63, 3.8) is 0 Å². The Morgan fingerprint density at radius 1 is 1.31 bits per heavy atom. The number of aromatic nitrogens is 3. The van der Waals surface area contributed by atoms with Gasteiger partial charge in [-0.05, 0) is 37.1 Å². The van der Waals surface area contributed by atoms with E-state index in [9.17, 15) is 9.59 Å². The number of aryl methyl sites for hydroxylation is 1. The third kappa shape index (κ3) is 4.70. The van der Waals surface area contributed by atoms with Gasteiger partial charge >= 0.3 is 0 Å². The maximum absolute atomic E-state index is 12.7. The number of hydrogen-bond acceptors (Lipinski definition) is 7. The molecule has 32 heavy (non-hydrogen) atoms. The lowest BCUT2D eigenvalue weighted by molar-refractivity contribution is -0.132. The second-order valence-corrected chi connectivity index (χ2v) is 7.71. The molecule has 164 valence electrons. The molecule has 2 aromatic heterocycles. The van der Waals surface area contributed by atoms with Gasteiger partial charge in [0.25, 0.3) is 5.56 Å². The fraction of sp³-hybridized carbons (Fsp3) is 0.348. The van der Waals surface area contributed by atoms with Crippen LogP contribution in [-0.4, -0.2) is 52.0 Å². The average Bonchev–Trinajstić information content (AvgIpc) is 2.83. The molecule has 0 atom stereocenters. The van der Waals surface area contributed by atoms with Gasteiger partial charge in [0, 0.05) is 38.2 Å². The highest BCUT2D eigenvalue weighted by atomic mass is 16.5. The minimum absolute atomic E-state index is 0.0442. The number of pyridine rings is 1. The summed E-state index contributed by atoms with van der Waals surface area (Å²) in [6.07, 6.45) is 3.81. The highest BCUT2D eigenvalue weighted by molar-refractivity contribution is 5.83. The van der Waals surface area contributed by atoms with E-state index in [2.05, 4.69) is 26.3 Å². The first-order valence-electron chi connectivity index (χ1n) is 10.5. The van der Waals surface area contributed by atoms with Crippen LogP contribution in [0.4, 0.5) is 5.82 Å². The Balaban J connectivity index is 1.31. The van der Waals surface area contributed by atoms with Crippen LogP contribution in [0.3, 0.4) is 0 Å². The number of amides is 1. The number of likely N-dealkylation sites (tertiary alicyclic amines) is 1. The van der Waals surface area contributed by atoms with Gasteiger partial charge < -0.3 is 19.9 Å². The highest BCUT2D eigenvalue weighted by Crippen LogP contribution is 2.21. The Morgan fingerprint density at radius 2 is 2.12 bits per heavy atom. The van der Waals surface area contributed by atoms with Crippen molar-refractivity contribution >= 4 is 22.6 Å². The van der Waals surface area contributed by atoms with E-state index in [0.717, 1.165) is 18.7 Å². The van der Waals surface area contributed by atoms with E-state index in [1.807, 2.05) is 4.90 Å². The predicted molar refractivity (Wildman–Crippen MR) is 119 cm³/mol. The van der Waals surface area contributed by atoms with Crippen LogP contribution in [0.25, 0.3) is 10.9 Å². The van der Waals surface area contributed by atoms with Gasteiger partial charge in [-0.25, -0.2) is 9.97 Å². The fourth-order valence-corrected chi connectivity index (χ4v) is 3.88. The SMILES string of the molecule is COc1cccc2c(=O)[nH]c(CCC(=O)N3CCC(Nc4ccc(C#N)cn4)CC3)nc12. The first-order valence-corrected chi connectivity index (χ1v) is 10.5. The predicted octanol–water partition coefficient (Wildman–Crippen LogP) is 2.23. The van der Waals surface area contributed by atoms with Crippen molar-refractivity contribution < 1.29 is 9.53 Å². The monoisotopic (exact) mass is 432 g/mol. The number of fused-ring (bicyclic) bond motifs is 1. The van der Waals surface area contributed by atoms with E-state index in [4.69, 9.17) is 10.00 Å². The maximum Gasteiger partial charge on any atom is 0.258 e. The largest absolute Gasteiger partial charge is 0.494 e. The zero-order valence-electron chi connectivity index (χ0n) is 17.8. The van der Waals surface area contributed by atoms with Crippen LogP contribution in [0.15, 0.2) is 41.3 Å². The van der Waals surface area contributed by atoms with Crippen LogP contribution in [0.1, 0.15) is 30.7 Å². The normalized spacial score (nSPS) is 14.2. The summed E-state index contributed by atoms with van der Waals surface area (Å²) in [5, 5.41) is 12.7. The molecule has 9 heteroatoms. The molecule has 0 saturated carbocycles. The second-order valence-electron chi connectivity index (χ2n) is 7.71. The van der Waals surface area contributed by atoms with E-state index < -0.39 is 0 Å². The molecule has 0 bridgehead atoms. The number of piperidine rings is 1. The summed E-state index contributed by atoms with van der Waals surface area (Å²) < 4.78 is 5.31. The van der Waals surface area contributed by atoms with Gasteiger partial charge in [-0.3, -0.25) is 9.59 Å². The lowest BCUT2D eigenvalue weighted by Crippen LogP contribution is -2.42. The average molecular weight is 432 g/mol. The number of methoxy groups -OCH3 is 1. The van der Waals surface area contributed by atoms with E-state index in [1.165, 1.54) is 7.11 Å². The summed E-state index contributed by atoms with van der Waals surface area (Å²) in [5.41, 5.74) is 0.792. The lowest BCUT2D eigenvalue weighted by atomic mass is 10.0. The standard InChI is InChI=1S/C23H24N6O3/c1-32-18-4-2-3-17-22(18)27-20(28-23(17)31)7-8-21(30)29-11-9-16(10-12-29)26-19-6-5-15(13-24)14-25-19/h2-6,14,16H,7-12H2,1H3,(H,25,26)(H,27,28,31). The molecular formula is C23H24N6O3. The van der Waals surface area contributed by atoms with Crippen molar-refractivity contribution in [2.45, 2.75) is 31.7 Å². The number of nitriles is 1. The highest BCUT2D eigenvalue weighted by Gasteiger charge is 2.23. The Labute approximate surface area is 185 Å². The number of hydrogen-bond donors (Lipinski definition) is 2. The Morgan fingerprint density at radius 3 is 2.81 bits per heavy atom. The first kappa shape index (κ1) is 21.3. The van der Waals surface area contributed by atoms with E-state index >= 15 is 0 Å². The molecule has 1 aromatic carbocycles. The Hall–Kier alpha value is -3.93. The molecule has 0 aliphatic carbocycles. The maximum atomic E-state index is 12.7. The number of carbonyl (C=O) groups is 1. The summed E-state index contributed by atoms with van der Waals surface area (Å²) in [5.74, 6) is 1.79. The summed E-state index contributed by atoms with van der Waals surface area (Å²) in [7, 11) is 1.54. The van der Waals surface area contributed by atoms with Crippen LogP contribution >= 0.6 is 0 Å². The Kier molecular flexibility index (Phi) is 6.31. The number of benzene rings is 1. The van der Waals surface area contributed by atoms with Gasteiger partial charge in [-0.15, -0.1) is 0 Å². The Bertz CT molecular complexity index is 1210. The zero-order valence-corrected chi connectivity index (χ0v) is 17.8. The van der Waals surface area contributed by atoms with Gasteiger partial charge in [0.2, 0.25) is 5.91 Å². The van der Waals surface area contributed by atoms with Crippen LogP contribution in [0.2, 0.25) is 0 Å². The summed E-state index contributed by atoms with van der Waals surface area (Å²) in [6, 6.07) is 11.0. The van der Waals surface area contributed by atoms with Gasteiger partial charge in [-0.1, -0.05) is 6.07 Å². The van der Waals surface area contributed by atoms with Gasteiger partial charge in [-0.2, -0.15) is 5.26 Å². The van der Waals surface area contributed by atoms with Crippen molar-refractivity contribution in [1.29, 1.82) is 5.26 Å². The van der Waals surface area contributed by atoms with Gasteiger partial charge in [0.1, 0.15) is 29.0 Å². The topological polar surface area (TPSA) is 124 Å². The number of para-hydroxylation sites is 1. The third-order valence-corrected chi connectivity index (χ3v) is 5.64. The smallest absolute Gasteiger partial charge is 0.258 e. The third-order valence-electron chi connectivity index (χ3n) is 5.64. The lowest BCUT2D eigenvalue weighted by Gasteiger charge is -2.32. The molecule has 4 rings (SSSR count). The molecule has 1 saturated heterocycles. The van der Waals surface area contributed by atoms with Crippen LogP contribution in [-0.2, 0) is 11.2 Å². The number of aromatic amines is 1. The molecular weight excluding hydrogens is 408 g/mol. The molecule has 0 unspecified atom stereocenters. The van der Waals surface area contributed by atoms with Crippen molar-refractivity contribution in [2.24, 2.45) is 0 Å². The van der Waals surface area contributed by atoms with Gasteiger partial charge in [0.05, 0.1) is 18.1 Å². The number of H-pyrrole nitrogens is 1. The number of anilines is 1. The molecule has 1 amide bonds. The van der Waals surface area contributed by atoms with Crippen molar-refractivity contribution in [2.75, 3.05) is 25.5 Å². The second kappa shape index (κ2) is 9.47. The molecule has 1 aliphatic rings. The number of carbonyl (C=O) groups excluding carboxylic acids is 1. The molecule has 9 nitrogen and oxygen atoms in total. The molecule has 3 aromatic rings. The van der Waals surface area contributed by atoms with Crippen LogP contribution < -0.4 is 15.6 Å². The first-order chi connectivity index (χ1) is 15.6. The van der Waals surface area contributed by atoms with E-state index in [0.29, 0.717) is 47.6 Å². The zero-order chi connectivity index (χ0) is 22.5. The minimum Gasteiger partial charge on any atom is -0.494 e. The summed E-state index contributed by atoms with van der Waals surface area (Å²) in [6.45, 7) is 1.31. The molecule has 3 heterocycles.